The lowest BCUT2D eigenvalue weighted by Gasteiger charge is -2.33. The number of hydrogen-bond acceptors (Lipinski definition) is 4. The highest BCUT2D eigenvalue weighted by atomic mass is 19.4. The molecule has 2 rings (SSSR count). The van der Waals surface area contributed by atoms with E-state index in [1.807, 2.05) is 6.92 Å². The molecule has 5 nitrogen and oxygen atoms in total. The van der Waals surface area contributed by atoms with Crippen molar-refractivity contribution in [2.45, 2.75) is 32.0 Å². The fourth-order valence-electron chi connectivity index (χ4n) is 2.61. The molecule has 0 aliphatic carbocycles. The number of aromatic nitrogens is 1. The maximum Gasteiger partial charge on any atom is 0.422 e. The molecule has 23 heavy (non-hydrogen) atoms. The number of carbonyl (C=O) groups excluding carboxylic acids is 1. The summed E-state index contributed by atoms with van der Waals surface area (Å²) < 4.78 is 41.6. The van der Waals surface area contributed by atoms with Gasteiger partial charge in [0.1, 0.15) is 0 Å². The van der Waals surface area contributed by atoms with E-state index >= 15 is 0 Å². The van der Waals surface area contributed by atoms with Gasteiger partial charge in [0.05, 0.1) is 0 Å². The molecule has 2 N–H and O–H groups in total. The first-order valence-corrected chi connectivity index (χ1v) is 7.47. The third-order valence-corrected chi connectivity index (χ3v) is 3.94. The Labute approximate surface area is 132 Å². The fourth-order valence-corrected chi connectivity index (χ4v) is 2.61. The number of pyridine rings is 1. The van der Waals surface area contributed by atoms with Crippen LogP contribution >= 0.6 is 0 Å². The zero-order valence-corrected chi connectivity index (χ0v) is 12.8. The summed E-state index contributed by atoms with van der Waals surface area (Å²) in [5.74, 6) is -0.209. The maximum atomic E-state index is 12.5. The molecule has 1 aromatic heterocycles. The number of rotatable bonds is 4. The molecule has 1 saturated heterocycles. The number of ether oxygens (including phenoxy) is 1. The number of alkyl halides is 3. The summed E-state index contributed by atoms with van der Waals surface area (Å²) in [4.78, 5) is 18.0. The standard InChI is InChI=1S/C15H20F3N3O2/c1-10(19)11-4-7-21(8-5-11)14(22)13-12(3-2-6-20-13)23-9-15(16,17)18/h2-3,6,10-11H,4-5,7-9,19H2,1H3. The number of carbonyl (C=O) groups is 1. The summed E-state index contributed by atoms with van der Waals surface area (Å²) in [6.45, 7) is 1.51. The number of likely N-dealkylation sites (tertiary alicyclic amines) is 1. The quantitative estimate of drug-likeness (QED) is 0.918. The molecule has 1 aromatic rings. The number of nitrogens with zero attached hydrogens (tertiary/aromatic N) is 2. The van der Waals surface area contributed by atoms with Gasteiger partial charge >= 0.3 is 6.18 Å². The molecule has 0 spiro atoms. The average molecular weight is 331 g/mol. The van der Waals surface area contributed by atoms with Crippen molar-refractivity contribution in [2.75, 3.05) is 19.7 Å². The van der Waals surface area contributed by atoms with E-state index in [1.54, 1.807) is 4.90 Å². The molecule has 1 aliphatic rings. The Kier molecular flexibility index (Phi) is 5.46. The normalized spacial score (nSPS) is 17.9. The van der Waals surface area contributed by atoms with Crippen molar-refractivity contribution in [1.82, 2.24) is 9.88 Å². The monoisotopic (exact) mass is 331 g/mol. The lowest BCUT2D eigenvalue weighted by Crippen LogP contribution is -2.42. The lowest BCUT2D eigenvalue weighted by molar-refractivity contribution is -0.153. The van der Waals surface area contributed by atoms with Crippen molar-refractivity contribution in [3.8, 4) is 5.75 Å². The predicted octanol–water partition coefficient (Wildman–Crippen LogP) is 2.22. The summed E-state index contributed by atoms with van der Waals surface area (Å²) in [5, 5.41) is 0. The van der Waals surface area contributed by atoms with Gasteiger partial charge in [0.25, 0.3) is 5.91 Å². The van der Waals surface area contributed by atoms with Crippen LogP contribution in [0.5, 0.6) is 5.75 Å². The number of amides is 1. The Hall–Kier alpha value is -1.83. The van der Waals surface area contributed by atoms with Crippen molar-refractivity contribution in [3.05, 3.63) is 24.0 Å². The molecule has 1 unspecified atom stereocenters. The van der Waals surface area contributed by atoms with Gasteiger partial charge in [-0.2, -0.15) is 13.2 Å². The minimum Gasteiger partial charge on any atom is -0.482 e. The van der Waals surface area contributed by atoms with Crippen LogP contribution in [0, 0.1) is 5.92 Å². The van der Waals surface area contributed by atoms with E-state index in [9.17, 15) is 18.0 Å². The second-order valence-corrected chi connectivity index (χ2v) is 5.74. The number of nitrogens with two attached hydrogens (primary N) is 1. The molecular formula is C15H20F3N3O2. The molecule has 8 heteroatoms. The van der Waals surface area contributed by atoms with Gasteiger partial charge in [-0.05, 0) is 37.8 Å². The number of hydrogen-bond donors (Lipinski definition) is 1. The van der Waals surface area contributed by atoms with Crippen LogP contribution in [0.4, 0.5) is 13.2 Å². The smallest absolute Gasteiger partial charge is 0.422 e. The predicted molar refractivity (Wildman–Crippen MR) is 78.1 cm³/mol. The summed E-state index contributed by atoms with van der Waals surface area (Å²) in [6, 6.07) is 2.82. The Balaban J connectivity index is 2.05. The number of piperidine rings is 1. The zero-order chi connectivity index (χ0) is 17.0. The minimum atomic E-state index is -4.47. The van der Waals surface area contributed by atoms with E-state index in [0.29, 0.717) is 19.0 Å². The van der Waals surface area contributed by atoms with Crippen molar-refractivity contribution < 1.29 is 22.7 Å². The van der Waals surface area contributed by atoms with E-state index in [1.165, 1.54) is 18.3 Å². The molecule has 2 heterocycles. The maximum absolute atomic E-state index is 12.5. The molecular weight excluding hydrogens is 311 g/mol. The van der Waals surface area contributed by atoms with Gasteiger partial charge in [-0.15, -0.1) is 0 Å². The van der Waals surface area contributed by atoms with Gasteiger partial charge < -0.3 is 15.4 Å². The highest BCUT2D eigenvalue weighted by molar-refractivity contribution is 5.95. The van der Waals surface area contributed by atoms with Gasteiger partial charge in [-0.1, -0.05) is 0 Å². The zero-order valence-electron chi connectivity index (χ0n) is 12.8. The van der Waals surface area contributed by atoms with E-state index < -0.39 is 18.7 Å². The largest absolute Gasteiger partial charge is 0.482 e. The van der Waals surface area contributed by atoms with Crippen molar-refractivity contribution in [3.63, 3.8) is 0 Å². The molecule has 0 radical (unpaired) electrons. The second kappa shape index (κ2) is 7.16. The Morgan fingerprint density at radius 2 is 2.13 bits per heavy atom. The van der Waals surface area contributed by atoms with Crippen LogP contribution in [-0.2, 0) is 0 Å². The first-order chi connectivity index (χ1) is 10.8. The Morgan fingerprint density at radius 1 is 1.48 bits per heavy atom. The van der Waals surface area contributed by atoms with Gasteiger partial charge in [0.15, 0.2) is 18.1 Å². The lowest BCUT2D eigenvalue weighted by atomic mass is 9.91. The van der Waals surface area contributed by atoms with Crippen LogP contribution < -0.4 is 10.5 Å². The van der Waals surface area contributed by atoms with E-state index in [-0.39, 0.29) is 17.5 Å². The van der Waals surface area contributed by atoms with Crippen LogP contribution in [0.15, 0.2) is 18.3 Å². The molecule has 1 aliphatic heterocycles. The third kappa shape index (κ3) is 4.82. The van der Waals surface area contributed by atoms with Crippen molar-refractivity contribution in [1.29, 1.82) is 0 Å². The van der Waals surface area contributed by atoms with Crippen LogP contribution in [0.1, 0.15) is 30.3 Å². The Morgan fingerprint density at radius 3 is 2.70 bits per heavy atom. The van der Waals surface area contributed by atoms with Crippen molar-refractivity contribution >= 4 is 5.91 Å². The highest BCUT2D eigenvalue weighted by Crippen LogP contribution is 2.25. The molecule has 0 aromatic carbocycles. The second-order valence-electron chi connectivity index (χ2n) is 5.74. The summed E-state index contributed by atoms with van der Waals surface area (Å²) in [7, 11) is 0. The van der Waals surface area contributed by atoms with Gasteiger partial charge in [0.2, 0.25) is 0 Å². The molecule has 0 saturated carbocycles. The van der Waals surface area contributed by atoms with Gasteiger partial charge in [-0.25, -0.2) is 4.98 Å². The SMILES string of the molecule is CC(N)C1CCN(C(=O)c2ncccc2OCC(F)(F)F)CC1. The van der Waals surface area contributed by atoms with Crippen LogP contribution in [0.2, 0.25) is 0 Å². The third-order valence-electron chi connectivity index (χ3n) is 3.94. The van der Waals surface area contributed by atoms with Gasteiger partial charge in [0, 0.05) is 25.3 Å². The summed E-state index contributed by atoms with van der Waals surface area (Å²) in [5.41, 5.74) is 5.77. The van der Waals surface area contributed by atoms with Crippen LogP contribution in [0.3, 0.4) is 0 Å². The average Bonchev–Trinajstić information content (AvgIpc) is 2.52. The van der Waals surface area contributed by atoms with E-state index in [2.05, 4.69) is 4.98 Å². The summed E-state index contributed by atoms with van der Waals surface area (Å²) in [6.07, 6.45) is -1.56. The Bertz CT molecular complexity index is 541. The highest BCUT2D eigenvalue weighted by Gasteiger charge is 2.31. The molecule has 1 atom stereocenters. The van der Waals surface area contributed by atoms with Gasteiger partial charge in [-0.3, -0.25) is 4.79 Å². The topological polar surface area (TPSA) is 68.5 Å². The first-order valence-electron chi connectivity index (χ1n) is 7.47. The van der Waals surface area contributed by atoms with E-state index in [4.69, 9.17) is 10.5 Å². The number of halogens is 3. The molecule has 1 fully saturated rings. The minimum absolute atomic E-state index is 0.0628. The molecule has 1 amide bonds. The molecule has 128 valence electrons. The van der Waals surface area contributed by atoms with Crippen LogP contribution in [-0.4, -0.2) is 47.7 Å². The molecule has 0 bridgehead atoms. The fraction of sp³-hybridized carbons (Fsp3) is 0.600. The summed E-state index contributed by atoms with van der Waals surface area (Å²) >= 11 is 0. The van der Waals surface area contributed by atoms with E-state index in [0.717, 1.165) is 12.8 Å². The van der Waals surface area contributed by atoms with Crippen LogP contribution in [0.25, 0.3) is 0 Å². The van der Waals surface area contributed by atoms with Crippen molar-refractivity contribution in [2.24, 2.45) is 11.7 Å². The first kappa shape index (κ1) is 17.5.